The van der Waals surface area contributed by atoms with Crippen molar-refractivity contribution in [3.8, 4) is 0 Å². The molecule has 1 aliphatic heterocycles. The van der Waals surface area contributed by atoms with Crippen LogP contribution in [0.5, 0.6) is 0 Å². The van der Waals surface area contributed by atoms with Crippen LogP contribution in [0.15, 0.2) is 11.5 Å². The highest BCUT2D eigenvalue weighted by Gasteiger charge is 2.14. The first-order valence-corrected chi connectivity index (χ1v) is 7.77. The number of nitrogens with one attached hydrogen (secondary N) is 2. The molecule has 0 unspecified atom stereocenters. The van der Waals surface area contributed by atoms with Gasteiger partial charge in [-0.3, -0.25) is 9.89 Å². The Kier molecular flexibility index (Phi) is 6.82. The third-order valence-corrected chi connectivity index (χ3v) is 3.75. The van der Waals surface area contributed by atoms with Crippen molar-refractivity contribution in [1.29, 1.82) is 0 Å². The highest BCUT2D eigenvalue weighted by Crippen LogP contribution is 2.12. The fourth-order valence-electron chi connectivity index (χ4n) is 1.87. The van der Waals surface area contributed by atoms with Gasteiger partial charge in [0.25, 0.3) is 0 Å². The van der Waals surface area contributed by atoms with Gasteiger partial charge in [-0.25, -0.2) is 4.98 Å². The van der Waals surface area contributed by atoms with E-state index in [1.807, 2.05) is 0 Å². The zero-order valence-electron chi connectivity index (χ0n) is 11.3. The van der Waals surface area contributed by atoms with Crippen LogP contribution < -0.4 is 5.32 Å². The number of thioether (sulfide) groups is 1. The molecule has 1 atom stereocenters. The van der Waals surface area contributed by atoms with Crippen LogP contribution in [0.3, 0.4) is 0 Å². The van der Waals surface area contributed by atoms with Gasteiger partial charge >= 0.3 is 0 Å². The molecule has 1 aromatic heterocycles. The molecule has 112 valence electrons. The lowest BCUT2D eigenvalue weighted by Crippen LogP contribution is -2.32. The summed E-state index contributed by atoms with van der Waals surface area (Å²) in [5, 5.41) is 10.0. The second-order valence-electron chi connectivity index (χ2n) is 4.49. The molecule has 8 heteroatoms. The molecule has 1 saturated heterocycles. The number of carbonyl (C=O) groups excluding carboxylic acids is 1. The number of aromatic nitrogens is 3. The summed E-state index contributed by atoms with van der Waals surface area (Å²) in [7, 11) is 0. The van der Waals surface area contributed by atoms with Gasteiger partial charge in [0.15, 0.2) is 5.16 Å². The van der Waals surface area contributed by atoms with E-state index in [1.54, 1.807) is 0 Å². The molecule has 1 aromatic rings. The average Bonchev–Trinajstić information content (AvgIpc) is 2.98. The van der Waals surface area contributed by atoms with E-state index in [-0.39, 0.29) is 18.6 Å². The maximum Gasteiger partial charge on any atom is 0.246 e. The van der Waals surface area contributed by atoms with Crippen LogP contribution >= 0.6 is 11.8 Å². The zero-order chi connectivity index (χ0) is 14.0. The molecule has 2 rings (SSSR count). The highest BCUT2D eigenvalue weighted by molar-refractivity contribution is 7.99. The van der Waals surface area contributed by atoms with Gasteiger partial charge in [-0.2, -0.15) is 5.10 Å². The van der Waals surface area contributed by atoms with Crippen LogP contribution in [0.4, 0.5) is 0 Å². The van der Waals surface area contributed by atoms with E-state index in [2.05, 4.69) is 20.5 Å². The van der Waals surface area contributed by atoms with E-state index in [4.69, 9.17) is 9.47 Å². The minimum Gasteiger partial charge on any atom is -0.376 e. The molecule has 0 saturated carbocycles. The quantitative estimate of drug-likeness (QED) is 0.540. The number of nitrogens with zero attached hydrogens (tertiary/aromatic N) is 2. The van der Waals surface area contributed by atoms with Gasteiger partial charge in [0.1, 0.15) is 12.9 Å². The molecule has 2 N–H and O–H groups in total. The van der Waals surface area contributed by atoms with Crippen molar-refractivity contribution in [2.24, 2.45) is 0 Å². The predicted octanol–water partition coefficient (Wildman–Crippen LogP) is 0.599. The number of carbonyl (C=O) groups is 1. The number of H-pyrrole nitrogens is 1. The Bertz CT molecular complexity index is 382. The van der Waals surface area contributed by atoms with Crippen molar-refractivity contribution in [2.45, 2.75) is 30.5 Å². The molecule has 2 heterocycles. The third kappa shape index (κ3) is 5.89. The van der Waals surface area contributed by atoms with Gasteiger partial charge in [-0.15, -0.1) is 0 Å². The van der Waals surface area contributed by atoms with Crippen LogP contribution in [-0.2, 0) is 14.3 Å². The summed E-state index contributed by atoms with van der Waals surface area (Å²) in [6.45, 7) is 1.97. The predicted molar refractivity (Wildman–Crippen MR) is 74.5 cm³/mol. The van der Waals surface area contributed by atoms with Crippen molar-refractivity contribution in [1.82, 2.24) is 20.5 Å². The number of amides is 1. The number of aromatic amines is 1. The Morgan fingerprint density at radius 1 is 1.60 bits per heavy atom. The van der Waals surface area contributed by atoms with Gasteiger partial charge in [0.2, 0.25) is 5.91 Å². The van der Waals surface area contributed by atoms with Crippen molar-refractivity contribution < 1.29 is 14.3 Å². The Morgan fingerprint density at radius 3 is 3.30 bits per heavy atom. The Morgan fingerprint density at radius 2 is 2.55 bits per heavy atom. The summed E-state index contributed by atoms with van der Waals surface area (Å²) in [6.07, 6.45) is 4.94. The summed E-state index contributed by atoms with van der Waals surface area (Å²) in [5.74, 6) is 0.645. The van der Waals surface area contributed by atoms with E-state index in [9.17, 15) is 4.79 Å². The topological polar surface area (TPSA) is 89.1 Å². The Labute approximate surface area is 122 Å². The molecule has 1 aliphatic rings. The summed E-state index contributed by atoms with van der Waals surface area (Å²) in [6, 6.07) is 0. The second-order valence-corrected chi connectivity index (χ2v) is 5.58. The van der Waals surface area contributed by atoms with E-state index in [0.29, 0.717) is 13.2 Å². The van der Waals surface area contributed by atoms with Crippen molar-refractivity contribution in [3.63, 3.8) is 0 Å². The summed E-state index contributed by atoms with van der Waals surface area (Å²) < 4.78 is 10.9. The van der Waals surface area contributed by atoms with Crippen LogP contribution in [0, 0.1) is 0 Å². The smallest absolute Gasteiger partial charge is 0.246 e. The summed E-state index contributed by atoms with van der Waals surface area (Å²) in [4.78, 5) is 15.5. The standard InChI is InChI=1S/C12H20N4O3S/c17-11(8-18-7-10-3-1-2-5-19-10)13-4-6-20-12-14-9-15-16-12/h9-10H,1-8H2,(H,13,17)(H,14,15,16)/t10-/m0/s1. The first kappa shape index (κ1) is 15.3. The Hall–Kier alpha value is -1.12. The normalized spacial score (nSPS) is 18.9. The van der Waals surface area contributed by atoms with Crippen molar-refractivity contribution in [2.75, 3.05) is 32.1 Å². The number of ether oxygens (including phenoxy) is 2. The summed E-state index contributed by atoms with van der Waals surface area (Å²) >= 11 is 1.51. The zero-order valence-corrected chi connectivity index (χ0v) is 12.2. The number of hydrogen-bond acceptors (Lipinski definition) is 6. The highest BCUT2D eigenvalue weighted by atomic mass is 32.2. The van der Waals surface area contributed by atoms with Crippen LogP contribution in [-0.4, -0.2) is 59.3 Å². The minimum absolute atomic E-state index is 0.0901. The molecule has 0 aromatic carbocycles. The number of rotatable bonds is 8. The van der Waals surface area contributed by atoms with Crippen molar-refractivity contribution in [3.05, 3.63) is 6.33 Å². The van der Waals surface area contributed by atoms with Crippen molar-refractivity contribution >= 4 is 17.7 Å². The first-order chi connectivity index (χ1) is 9.84. The average molecular weight is 300 g/mol. The Balaban J connectivity index is 1.45. The molecule has 20 heavy (non-hydrogen) atoms. The van der Waals surface area contributed by atoms with Gasteiger partial charge < -0.3 is 14.8 Å². The molecule has 0 bridgehead atoms. The fraction of sp³-hybridized carbons (Fsp3) is 0.750. The molecule has 7 nitrogen and oxygen atoms in total. The van der Waals surface area contributed by atoms with Gasteiger partial charge in [0, 0.05) is 18.9 Å². The second kappa shape index (κ2) is 8.93. The van der Waals surface area contributed by atoms with Crippen LogP contribution in [0.25, 0.3) is 0 Å². The van der Waals surface area contributed by atoms with Gasteiger partial charge in [-0.05, 0) is 19.3 Å². The number of hydrogen-bond donors (Lipinski definition) is 2. The molecular weight excluding hydrogens is 280 g/mol. The minimum atomic E-state index is -0.0982. The fourth-order valence-corrected chi connectivity index (χ4v) is 2.51. The summed E-state index contributed by atoms with van der Waals surface area (Å²) in [5.41, 5.74) is 0. The maximum atomic E-state index is 11.5. The van der Waals surface area contributed by atoms with E-state index in [1.165, 1.54) is 24.5 Å². The SMILES string of the molecule is O=C(COC[C@@H]1CCCCO1)NCCSc1ncn[nH]1. The third-order valence-electron chi connectivity index (χ3n) is 2.87. The molecular formula is C12H20N4O3S. The lowest BCUT2D eigenvalue weighted by atomic mass is 10.1. The van der Waals surface area contributed by atoms with E-state index < -0.39 is 0 Å². The van der Waals surface area contributed by atoms with Gasteiger partial charge in [-0.1, -0.05) is 11.8 Å². The monoisotopic (exact) mass is 300 g/mol. The lowest BCUT2D eigenvalue weighted by Gasteiger charge is -2.22. The molecule has 0 spiro atoms. The largest absolute Gasteiger partial charge is 0.376 e. The first-order valence-electron chi connectivity index (χ1n) is 6.79. The lowest BCUT2D eigenvalue weighted by molar-refractivity contribution is -0.127. The molecule has 1 amide bonds. The molecule has 0 radical (unpaired) electrons. The van der Waals surface area contributed by atoms with Gasteiger partial charge in [0.05, 0.1) is 12.7 Å². The maximum absolute atomic E-state index is 11.5. The van der Waals surface area contributed by atoms with E-state index >= 15 is 0 Å². The van der Waals surface area contributed by atoms with E-state index in [0.717, 1.165) is 30.4 Å². The van der Waals surface area contributed by atoms with Crippen LogP contribution in [0.2, 0.25) is 0 Å². The van der Waals surface area contributed by atoms with Crippen LogP contribution in [0.1, 0.15) is 19.3 Å². The molecule has 1 fully saturated rings. The molecule has 0 aliphatic carbocycles.